The zero-order valence-corrected chi connectivity index (χ0v) is 18.6. The SMILES string of the molecule is CCCc1ccc(N(C)c2ccc3c(c2)CCN[C@@H]3CNc2cnccc2C(=O)O)cc1. The molecule has 6 nitrogen and oxygen atoms in total. The first kappa shape index (κ1) is 21.8. The third-order valence-corrected chi connectivity index (χ3v) is 6.08. The van der Waals surface area contributed by atoms with Crippen molar-refractivity contribution >= 4 is 23.0 Å². The van der Waals surface area contributed by atoms with Crippen molar-refractivity contribution < 1.29 is 9.90 Å². The van der Waals surface area contributed by atoms with Crippen LogP contribution in [0.1, 0.15) is 46.4 Å². The topological polar surface area (TPSA) is 77.5 Å². The highest BCUT2D eigenvalue weighted by atomic mass is 16.4. The molecule has 1 aliphatic rings. The lowest BCUT2D eigenvalue weighted by Gasteiger charge is -2.29. The zero-order valence-electron chi connectivity index (χ0n) is 18.6. The molecule has 1 atom stereocenters. The van der Waals surface area contributed by atoms with Crippen molar-refractivity contribution in [2.45, 2.75) is 32.2 Å². The first-order valence-corrected chi connectivity index (χ1v) is 11.2. The maximum absolute atomic E-state index is 11.5. The summed E-state index contributed by atoms with van der Waals surface area (Å²) in [6.07, 6.45) is 6.30. The number of carbonyl (C=O) groups is 1. The monoisotopic (exact) mass is 430 g/mol. The number of fused-ring (bicyclic) bond motifs is 1. The van der Waals surface area contributed by atoms with Gasteiger partial charge in [0, 0.05) is 37.2 Å². The van der Waals surface area contributed by atoms with E-state index in [4.69, 9.17) is 0 Å². The fourth-order valence-electron chi connectivity index (χ4n) is 4.29. The molecule has 4 rings (SSSR count). The van der Waals surface area contributed by atoms with Crippen LogP contribution in [0.4, 0.5) is 17.1 Å². The summed E-state index contributed by atoms with van der Waals surface area (Å²) in [7, 11) is 2.10. The zero-order chi connectivity index (χ0) is 22.5. The second-order valence-corrected chi connectivity index (χ2v) is 8.22. The molecule has 2 heterocycles. The Morgan fingerprint density at radius 2 is 1.97 bits per heavy atom. The normalized spacial score (nSPS) is 15.1. The summed E-state index contributed by atoms with van der Waals surface area (Å²) in [5, 5.41) is 16.2. The molecular weight excluding hydrogens is 400 g/mol. The lowest BCUT2D eigenvalue weighted by atomic mass is 9.93. The fourth-order valence-corrected chi connectivity index (χ4v) is 4.29. The molecule has 3 N–H and O–H groups in total. The van der Waals surface area contributed by atoms with Crippen LogP contribution < -0.4 is 15.5 Å². The van der Waals surface area contributed by atoms with Crippen molar-refractivity contribution in [2.75, 3.05) is 30.4 Å². The van der Waals surface area contributed by atoms with Crippen LogP contribution in [0.3, 0.4) is 0 Å². The Morgan fingerprint density at radius 1 is 1.19 bits per heavy atom. The summed E-state index contributed by atoms with van der Waals surface area (Å²) < 4.78 is 0. The van der Waals surface area contributed by atoms with Crippen LogP contribution in [0, 0.1) is 0 Å². The number of benzene rings is 2. The summed E-state index contributed by atoms with van der Waals surface area (Å²) in [4.78, 5) is 17.7. The number of aryl methyl sites for hydroxylation is 1. The van der Waals surface area contributed by atoms with Gasteiger partial charge >= 0.3 is 5.97 Å². The molecule has 0 unspecified atom stereocenters. The maximum atomic E-state index is 11.5. The van der Waals surface area contributed by atoms with E-state index >= 15 is 0 Å². The minimum absolute atomic E-state index is 0.105. The van der Waals surface area contributed by atoms with E-state index in [0.717, 1.165) is 25.8 Å². The minimum atomic E-state index is -0.956. The van der Waals surface area contributed by atoms with Crippen molar-refractivity contribution in [1.82, 2.24) is 10.3 Å². The molecule has 1 aliphatic heterocycles. The van der Waals surface area contributed by atoms with Gasteiger partial charge in [-0.2, -0.15) is 0 Å². The van der Waals surface area contributed by atoms with Gasteiger partial charge in [0.2, 0.25) is 0 Å². The summed E-state index contributed by atoms with van der Waals surface area (Å²) >= 11 is 0. The van der Waals surface area contributed by atoms with Crippen LogP contribution in [0.5, 0.6) is 0 Å². The number of rotatable bonds is 8. The number of carboxylic acids is 1. The lowest BCUT2D eigenvalue weighted by molar-refractivity contribution is 0.0697. The summed E-state index contributed by atoms with van der Waals surface area (Å²) in [6, 6.07) is 17.0. The van der Waals surface area contributed by atoms with Crippen LogP contribution in [-0.4, -0.2) is 36.2 Å². The molecule has 0 saturated carbocycles. The molecule has 6 heteroatoms. The first-order chi connectivity index (χ1) is 15.6. The van der Waals surface area contributed by atoms with E-state index in [0.29, 0.717) is 12.2 Å². The van der Waals surface area contributed by atoms with Crippen LogP contribution in [-0.2, 0) is 12.8 Å². The number of pyridine rings is 1. The van der Waals surface area contributed by atoms with Crippen LogP contribution in [0.15, 0.2) is 60.9 Å². The first-order valence-electron chi connectivity index (χ1n) is 11.2. The molecule has 0 fully saturated rings. The minimum Gasteiger partial charge on any atom is -0.478 e. The number of hydrogen-bond acceptors (Lipinski definition) is 5. The van der Waals surface area contributed by atoms with E-state index in [-0.39, 0.29) is 11.6 Å². The second-order valence-electron chi connectivity index (χ2n) is 8.22. The van der Waals surface area contributed by atoms with Crippen LogP contribution in [0.2, 0.25) is 0 Å². The fraction of sp³-hybridized carbons (Fsp3) is 0.308. The number of hydrogen-bond donors (Lipinski definition) is 3. The summed E-state index contributed by atoms with van der Waals surface area (Å²) in [5.74, 6) is -0.956. The molecular formula is C26H30N4O2. The van der Waals surface area contributed by atoms with Gasteiger partial charge in [-0.3, -0.25) is 4.98 Å². The Bertz CT molecular complexity index is 1080. The number of carboxylic acid groups (broad SMARTS) is 1. The third kappa shape index (κ3) is 4.75. The van der Waals surface area contributed by atoms with Gasteiger partial charge in [-0.25, -0.2) is 4.79 Å². The molecule has 32 heavy (non-hydrogen) atoms. The quantitative estimate of drug-likeness (QED) is 0.477. The van der Waals surface area contributed by atoms with E-state index < -0.39 is 5.97 Å². The Kier molecular flexibility index (Phi) is 6.71. The van der Waals surface area contributed by atoms with E-state index in [2.05, 4.69) is 77.0 Å². The molecule has 166 valence electrons. The van der Waals surface area contributed by atoms with Crippen LogP contribution >= 0.6 is 0 Å². The van der Waals surface area contributed by atoms with Gasteiger partial charge in [-0.15, -0.1) is 0 Å². The predicted octanol–water partition coefficient (Wildman–Crippen LogP) is 4.80. The van der Waals surface area contributed by atoms with Gasteiger partial charge in [0.05, 0.1) is 17.4 Å². The van der Waals surface area contributed by atoms with Gasteiger partial charge in [0.25, 0.3) is 0 Å². The molecule has 0 radical (unpaired) electrons. The van der Waals surface area contributed by atoms with Gasteiger partial charge in [0.15, 0.2) is 0 Å². The van der Waals surface area contributed by atoms with Gasteiger partial charge in [-0.1, -0.05) is 31.5 Å². The van der Waals surface area contributed by atoms with Gasteiger partial charge in [-0.05, 0) is 66.4 Å². The Morgan fingerprint density at radius 3 is 2.72 bits per heavy atom. The molecule has 0 aliphatic carbocycles. The molecule has 2 aromatic carbocycles. The standard InChI is InChI=1S/C26H30N4O2/c1-3-4-18-5-7-20(8-6-18)30(2)21-9-10-22-19(15-21)11-14-28-25(22)17-29-24-16-27-13-12-23(24)26(31)32/h5-10,12-13,15-16,25,28-29H,3-4,11,14,17H2,1-2H3,(H,31,32)/t25-/m1/s1. The van der Waals surface area contributed by atoms with Gasteiger partial charge < -0.3 is 20.6 Å². The molecule has 0 bridgehead atoms. The van der Waals surface area contributed by atoms with E-state index in [1.54, 1.807) is 6.20 Å². The highest BCUT2D eigenvalue weighted by Gasteiger charge is 2.21. The Hall–Kier alpha value is -3.38. The van der Waals surface area contributed by atoms with Crippen molar-refractivity contribution in [3.05, 3.63) is 83.2 Å². The molecule has 1 aromatic heterocycles. The van der Waals surface area contributed by atoms with Crippen LogP contribution in [0.25, 0.3) is 0 Å². The highest BCUT2D eigenvalue weighted by Crippen LogP contribution is 2.31. The lowest BCUT2D eigenvalue weighted by Crippen LogP contribution is -2.34. The third-order valence-electron chi connectivity index (χ3n) is 6.08. The van der Waals surface area contributed by atoms with Crippen molar-refractivity contribution in [3.8, 4) is 0 Å². The molecule has 0 spiro atoms. The van der Waals surface area contributed by atoms with E-state index in [9.17, 15) is 9.90 Å². The van der Waals surface area contributed by atoms with Crippen molar-refractivity contribution in [3.63, 3.8) is 0 Å². The predicted molar refractivity (Wildman–Crippen MR) is 129 cm³/mol. The largest absolute Gasteiger partial charge is 0.478 e. The van der Waals surface area contributed by atoms with Gasteiger partial charge in [0.1, 0.15) is 0 Å². The number of nitrogens with zero attached hydrogens (tertiary/aromatic N) is 2. The molecule has 0 saturated heterocycles. The molecule has 3 aromatic rings. The Labute approximate surface area is 189 Å². The smallest absolute Gasteiger partial charge is 0.337 e. The summed E-state index contributed by atoms with van der Waals surface area (Å²) in [5.41, 5.74) is 7.06. The van der Waals surface area contributed by atoms with Crippen molar-refractivity contribution in [1.29, 1.82) is 0 Å². The van der Waals surface area contributed by atoms with E-state index in [1.165, 1.54) is 40.3 Å². The number of nitrogens with one attached hydrogen (secondary N) is 2. The van der Waals surface area contributed by atoms with E-state index in [1.807, 2.05) is 0 Å². The number of aromatic carboxylic acids is 1. The number of anilines is 3. The average molecular weight is 431 g/mol. The second kappa shape index (κ2) is 9.83. The maximum Gasteiger partial charge on any atom is 0.337 e. The molecule has 0 amide bonds. The number of aromatic nitrogens is 1. The van der Waals surface area contributed by atoms with Crippen molar-refractivity contribution in [2.24, 2.45) is 0 Å². The summed E-state index contributed by atoms with van der Waals surface area (Å²) in [6.45, 7) is 3.68. The Balaban J connectivity index is 1.49. The average Bonchev–Trinajstić information content (AvgIpc) is 2.82. The highest BCUT2D eigenvalue weighted by molar-refractivity contribution is 5.93.